The average molecular weight is 575 g/mol. The molecular formula is C35H30N2O6. The zero-order chi connectivity index (χ0) is 29.4. The molecule has 4 aromatic rings. The summed E-state index contributed by atoms with van der Waals surface area (Å²) in [5.74, 6) is -0.695. The van der Waals surface area contributed by atoms with E-state index in [9.17, 15) is 9.59 Å². The predicted molar refractivity (Wildman–Crippen MR) is 163 cm³/mol. The van der Waals surface area contributed by atoms with Crippen molar-refractivity contribution in [1.82, 2.24) is 0 Å². The second-order valence-electron chi connectivity index (χ2n) is 10.4. The maximum Gasteiger partial charge on any atom is 0.338 e. The summed E-state index contributed by atoms with van der Waals surface area (Å²) in [4.78, 5) is 33.2. The third-order valence-electron chi connectivity index (χ3n) is 6.90. The Morgan fingerprint density at radius 3 is 1.33 bits per heavy atom. The molecule has 6 rings (SSSR count). The smallest absolute Gasteiger partial charge is 0.338 e. The molecule has 0 aromatic heterocycles. The first-order valence-electron chi connectivity index (χ1n) is 14.1. The van der Waals surface area contributed by atoms with Gasteiger partial charge in [0.1, 0.15) is 25.4 Å². The summed E-state index contributed by atoms with van der Waals surface area (Å²) in [5.41, 5.74) is 6.85. The molecule has 2 saturated heterocycles. The van der Waals surface area contributed by atoms with Crippen LogP contribution < -0.4 is 0 Å². The van der Waals surface area contributed by atoms with Gasteiger partial charge in [0.15, 0.2) is 0 Å². The van der Waals surface area contributed by atoms with Crippen molar-refractivity contribution in [2.24, 2.45) is 9.98 Å². The third-order valence-corrected chi connectivity index (χ3v) is 6.90. The lowest BCUT2D eigenvalue weighted by atomic mass is 10.0. The Morgan fingerprint density at radius 1 is 0.605 bits per heavy atom. The van der Waals surface area contributed by atoms with Gasteiger partial charge in [-0.15, -0.1) is 0 Å². The number of hydrogen-bond acceptors (Lipinski definition) is 8. The first-order valence-corrected chi connectivity index (χ1v) is 14.1. The van der Waals surface area contributed by atoms with Gasteiger partial charge in [-0.25, -0.2) is 9.59 Å². The quantitative estimate of drug-likeness (QED) is 0.119. The molecule has 4 aromatic carbocycles. The summed E-state index contributed by atoms with van der Waals surface area (Å²) in [6.45, 7) is 1.91. The van der Waals surface area contributed by atoms with Gasteiger partial charge in [-0.1, -0.05) is 48.5 Å². The number of ether oxygens (including phenoxy) is 4. The first-order chi connectivity index (χ1) is 21.1. The summed E-state index contributed by atoms with van der Waals surface area (Å²) >= 11 is 0. The van der Waals surface area contributed by atoms with E-state index in [1.807, 2.05) is 48.5 Å². The van der Waals surface area contributed by atoms with Crippen LogP contribution in [0.4, 0.5) is 11.4 Å². The number of rotatable bonds is 12. The normalized spacial score (nSPS) is 17.2. The molecule has 8 nitrogen and oxygen atoms in total. The zero-order valence-electron chi connectivity index (χ0n) is 23.4. The standard InChI is InChI=1S/C35H30N2O6/c38-34(42-22-32-20-40-32)28-9-1-26(2-10-28)18-36-30-13-5-24(6-14-30)17-25-7-15-31(16-8-25)37-19-27-3-11-29(12-4-27)35(39)43-23-33-21-41-33/h1-16,18-19,32-33H,17,20-23H2. The van der Waals surface area contributed by atoms with E-state index in [0.29, 0.717) is 37.6 Å². The Balaban J connectivity index is 0.970. The van der Waals surface area contributed by atoms with Crippen LogP contribution in [0.2, 0.25) is 0 Å². The molecule has 2 aliphatic rings. The van der Waals surface area contributed by atoms with Crippen LogP contribution in [0, 0.1) is 0 Å². The van der Waals surface area contributed by atoms with Crippen molar-refractivity contribution in [3.05, 3.63) is 130 Å². The number of esters is 2. The lowest BCUT2D eigenvalue weighted by Crippen LogP contribution is -2.09. The van der Waals surface area contributed by atoms with Crippen LogP contribution in [0.25, 0.3) is 0 Å². The molecule has 43 heavy (non-hydrogen) atoms. The van der Waals surface area contributed by atoms with Crippen molar-refractivity contribution in [3.8, 4) is 0 Å². The lowest BCUT2D eigenvalue weighted by Gasteiger charge is -2.04. The molecule has 216 valence electrons. The van der Waals surface area contributed by atoms with Crippen LogP contribution in [0.3, 0.4) is 0 Å². The molecule has 0 bridgehead atoms. The van der Waals surface area contributed by atoms with E-state index >= 15 is 0 Å². The fraction of sp³-hybridized carbons (Fsp3) is 0.200. The fourth-order valence-electron chi connectivity index (χ4n) is 4.18. The number of hydrogen-bond donors (Lipinski definition) is 0. The highest BCUT2D eigenvalue weighted by Crippen LogP contribution is 2.19. The number of carbonyl (C=O) groups is 2. The highest BCUT2D eigenvalue weighted by molar-refractivity contribution is 5.92. The Hall–Kier alpha value is -4.92. The summed E-state index contributed by atoms with van der Waals surface area (Å²) in [6.07, 6.45) is 4.45. The number of aliphatic imine (C=N–C) groups is 2. The van der Waals surface area contributed by atoms with Gasteiger partial charge in [0, 0.05) is 12.4 Å². The SMILES string of the molecule is O=C(OCC1CO1)c1ccc(C=Nc2ccc(Cc3ccc(N=Cc4ccc(C(=O)OCC5CO5)cc4)cc3)cc2)cc1. The van der Waals surface area contributed by atoms with Crippen molar-refractivity contribution < 1.29 is 28.5 Å². The predicted octanol–water partition coefficient (Wildman–Crippen LogP) is 5.89. The van der Waals surface area contributed by atoms with E-state index in [1.165, 1.54) is 11.1 Å². The van der Waals surface area contributed by atoms with Crippen LogP contribution >= 0.6 is 0 Å². The Labute approximate surface area is 249 Å². The minimum atomic E-state index is -0.347. The third kappa shape index (κ3) is 8.54. The minimum Gasteiger partial charge on any atom is -0.459 e. The lowest BCUT2D eigenvalue weighted by molar-refractivity contribution is 0.0468. The number of carbonyl (C=O) groups excluding carboxylic acids is 2. The highest BCUT2D eigenvalue weighted by atomic mass is 16.6. The highest BCUT2D eigenvalue weighted by Gasteiger charge is 2.25. The van der Waals surface area contributed by atoms with Gasteiger partial charge >= 0.3 is 11.9 Å². The zero-order valence-corrected chi connectivity index (χ0v) is 23.4. The summed E-state index contributed by atoms with van der Waals surface area (Å²) in [6, 6.07) is 30.6. The Bertz CT molecular complexity index is 1480. The molecule has 0 amide bonds. The van der Waals surface area contributed by atoms with Gasteiger partial charge in [-0.2, -0.15) is 0 Å². The molecule has 2 aliphatic heterocycles. The van der Waals surface area contributed by atoms with E-state index in [2.05, 4.69) is 34.3 Å². The van der Waals surface area contributed by atoms with Crippen molar-refractivity contribution in [3.63, 3.8) is 0 Å². The average Bonchev–Trinajstić information content (AvgIpc) is 3.98. The molecule has 0 aliphatic carbocycles. The van der Waals surface area contributed by atoms with E-state index in [4.69, 9.17) is 18.9 Å². The van der Waals surface area contributed by atoms with E-state index in [-0.39, 0.29) is 24.1 Å². The monoisotopic (exact) mass is 574 g/mol. The summed E-state index contributed by atoms with van der Waals surface area (Å²) in [5, 5.41) is 0. The fourth-order valence-corrected chi connectivity index (χ4v) is 4.18. The number of benzene rings is 4. The van der Waals surface area contributed by atoms with Crippen LogP contribution in [0.1, 0.15) is 43.0 Å². The maximum absolute atomic E-state index is 12.1. The summed E-state index contributed by atoms with van der Waals surface area (Å²) < 4.78 is 20.5. The maximum atomic E-state index is 12.1. The second kappa shape index (κ2) is 13.4. The van der Waals surface area contributed by atoms with Gasteiger partial charge < -0.3 is 18.9 Å². The first kappa shape index (κ1) is 28.2. The second-order valence-corrected chi connectivity index (χ2v) is 10.4. The summed E-state index contributed by atoms with van der Waals surface area (Å²) in [7, 11) is 0. The van der Waals surface area contributed by atoms with Gasteiger partial charge in [-0.3, -0.25) is 9.98 Å². The van der Waals surface area contributed by atoms with Crippen molar-refractivity contribution in [2.75, 3.05) is 26.4 Å². The van der Waals surface area contributed by atoms with Crippen molar-refractivity contribution in [2.45, 2.75) is 18.6 Å². The largest absolute Gasteiger partial charge is 0.459 e. The van der Waals surface area contributed by atoms with Crippen molar-refractivity contribution in [1.29, 1.82) is 0 Å². The Morgan fingerprint density at radius 2 is 0.977 bits per heavy atom. The molecule has 0 spiro atoms. The molecule has 0 radical (unpaired) electrons. The van der Waals surface area contributed by atoms with E-state index in [1.54, 1.807) is 36.7 Å². The number of epoxide rings is 2. The minimum absolute atomic E-state index is 0.0533. The van der Waals surface area contributed by atoms with Gasteiger partial charge in [0.05, 0.1) is 35.7 Å². The number of nitrogens with zero attached hydrogens (tertiary/aromatic N) is 2. The molecule has 2 unspecified atom stereocenters. The van der Waals surface area contributed by atoms with Gasteiger partial charge in [0.25, 0.3) is 0 Å². The van der Waals surface area contributed by atoms with Crippen LogP contribution in [0.15, 0.2) is 107 Å². The van der Waals surface area contributed by atoms with Gasteiger partial charge in [-0.05, 0) is 77.2 Å². The molecule has 2 heterocycles. The van der Waals surface area contributed by atoms with Crippen LogP contribution in [-0.2, 0) is 25.4 Å². The molecular weight excluding hydrogens is 544 g/mol. The molecule has 0 saturated carbocycles. The topological polar surface area (TPSA) is 102 Å². The van der Waals surface area contributed by atoms with Crippen LogP contribution in [0.5, 0.6) is 0 Å². The van der Waals surface area contributed by atoms with E-state index in [0.717, 1.165) is 28.9 Å². The molecule has 8 heteroatoms. The molecule has 2 atom stereocenters. The van der Waals surface area contributed by atoms with E-state index < -0.39 is 0 Å². The van der Waals surface area contributed by atoms with Crippen LogP contribution in [-0.4, -0.2) is 63.0 Å². The molecule has 2 fully saturated rings. The van der Waals surface area contributed by atoms with Gasteiger partial charge in [0.2, 0.25) is 0 Å². The Kier molecular flexibility index (Phi) is 8.77. The molecule has 0 N–H and O–H groups in total. The van der Waals surface area contributed by atoms with Crippen molar-refractivity contribution >= 4 is 35.7 Å².